The van der Waals surface area contributed by atoms with Crippen molar-refractivity contribution < 1.29 is 19.4 Å². The zero-order valence-corrected chi connectivity index (χ0v) is 9.45. The second-order valence-electron chi connectivity index (χ2n) is 4.46. The van der Waals surface area contributed by atoms with Crippen LogP contribution < -0.4 is 4.74 Å². The summed E-state index contributed by atoms with van der Waals surface area (Å²) in [6.45, 7) is 5.99. The second kappa shape index (κ2) is 3.26. The Bertz CT molecular complexity index is 545. The predicted molar refractivity (Wildman–Crippen MR) is 60.2 cm³/mol. The minimum Gasteiger partial charge on any atom is -0.507 e. The SMILES string of the molecule is C=C(C)[C@H]1Cc2c(cc(O)c3c2COC3=O)O1. The largest absolute Gasteiger partial charge is 0.507 e. The minimum absolute atomic E-state index is 0.0661. The maximum Gasteiger partial charge on any atom is 0.342 e. The fraction of sp³-hybridized carbons (Fsp3) is 0.308. The molecule has 3 rings (SSSR count). The second-order valence-corrected chi connectivity index (χ2v) is 4.46. The highest BCUT2D eigenvalue weighted by molar-refractivity contribution is 5.97. The van der Waals surface area contributed by atoms with Crippen LogP contribution in [-0.4, -0.2) is 17.2 Å². The van der Waals surface area contributed by atoms with Crippen molar-refractivity contribution in [1.29, 1.82) is 0 Å². The number of hydrogen-bond donors (Lipinski definition) is 1. The Hall–Kier alpha value is -1.97. The Morgan fingerprint density at radius 3 is 3.00 bits per heavy atom. The molecule has 0 aromatic heterocycles. The molecule has 0 aliphatic carbocycles. The molecule has 4 nitrogen and oxygen atoms in total. The van der Waals surface area contributed by atoms with Gasteiger partial charge in [-0.3, -0.25) is 0 Å². The fourth-order valence-corrected chi connectivity index (χ4v) is 2.32. The van der Waals surface area contributed by atoms with E-state index in [0.717, 1.165) is 16.7 Å². The Morgan fingerprint density at radius 2 is 2.29 bits per heavy atom. The molecule has 0 saturated heterocycles. The van der Waals surface area contributed by atoms with Crippen LogP contribution in [0.1, 0.15) is 28.4 Å². The van der Waals surface area contributed by atoms with Crippen molar-refractivity contribution in [1.82, 2.24) is 0 Å². The number of aromatic hydroxyl groups is 1. The van der Waals surface area contributed by atoms with Crippen LogP contribution in [0.25, 0.3) is 0 Å². The van der Waals surface area contributed by atoms with Crippen molar-refractivity contribution in [3.8, 4) is 11.5 Å². The van der Waals surface area contributed by atoms with Gasteiger partial charge in [0.2, 0.25) is 0 Å². The van der Waals surface area contributed by atoms with Crippen LogP contribution in [0.3, 0.4) is 0 Å². The van der Waals surface area contributed by atoms with Crippen molar-refractivity contribution in [2.24, 2.45) is 0 Å². The lowest BCUT2D eigenvalue weighted by molar-refractivity contribution is 0.0533. The van der Waals surface area contributed by atoms with Gasteiger partial charge in [0.05, 0.1) is 0 Å². The molecule has 1 N–H and O–H groups in total. The molecule has 0 amide bonds. The first-order chi connectivity index (χ1) is 8.08. The lowest BCUT2D eigenvalue weighted by Gasteiger charge is -2.09. The zero-order chi connectivity index (χ0) is 12.2. The molecule has 1 atom stereocenters. The standard InChI is InChI=1S/C13H12O4/c1-6(2)10-3-7-8-5-16-13(15)12(8)9(14)4-11(7)17-10/h4,10,14H,1,3,5H2,2H3/t10-/m1/s1. The van der Waals surface area contributed by atoms with Gasteiger partial charge < -0.3 is 14.6 Å². The Balaban J connectivity index is 2.13. The summed E-state index contributed by atoms with van der Waals surface area (Å²) in [5.74, 6) is 0.107. The van der Waals surface area contributed by atoms with Gasteiger partial charge in [-0.2, -0.15) is 0 Å². The molecule has 88 valence electrons. The Kier molecular flexibility index (Phi) is 1.96. The van der Waals surface area contributed by atoms with E-state index in [1.54, 1.807) is 0 Å². The van der Waals surface area contributed by atoms with Crippen LogP contribution in [0.4, 0.5) is 0 Å². The number of rotatable bonds is 1. The van der Waals surface area contributed by atoms with Crippen molar-refractivity contribution in [3.63, 3.8) is 0 Å². The molecular weight excluding hydrogens is 220 g/mol. The molecular formula is C13H12O4. The average Bonchev–Trinajstić information content (AvgIpc) is 2.82. The summed E-state index contributed by atoms with van der Waals surface area (Å²) in [6, 6.07) is 1.49. The molecule has 4 heteroatoms. The van der Waals surface area contributed by atoms with Gasteiger partial charge in [0.15, 0.2) is 0 Å². The highest BCUT2D eigenvalue weighted by atomic mass is 16.5. The molecule has 0 saturated carbocycles. The number of fused-ring (bicyclic) bond motifs is 3. The van der Waals surface area contributed by atoms with E-state index in [0.29, 0.717) is 12.2 Å². The van der Waals surface area contributed by atoms with Crippen LogP contribution in [0.15, 0.2) is 18.2 Å². The number of hydrogen-bond acceptors (Lipinski definition) is 4. The van der Waals surface area contributed by atoms with Crippen LogP contribution >= 0.6 is 0 Å². The van der Waals surface area contributed by atoms with Gasteiger partial charge >= 0.3 is 5.97 Å². The summed E-state index contributed by atoms with van der Waals surface area (Å²) in [5, 5.41) is 9.79. The van der Waals surface area contributed by atoms with Gasteiger partial charge in [-0.05, 0) is 12.5 Å². The lowest BCUT2D eigenvalue weighted by Crippen LogP contribution is -2.13. The predicted octanol–water partition coefficient (Wildman–Crippen LogP) is 1.94. The van der Waals surface area contributed by atoms with Crippen molar-refractivity contribution in [2.45, 2.75) is 26.1 Å². The van der Waals surface area contributed by atoms with E-state index >= 15 is 0 Å². The van der Waals surface area contributed by atoms with Gasteiger partial charge in [0.1, 0.15) is 29.8 Å². The third kappa shape index (κ3) is 1.33. The maximum absolute atomic E-state index is 11.5. The van der Waals surface area contributed by atoms with Gasteiger partial charge in [-0.15, -0.1) is 0 Å². The topological polar surface area (TPSA) is 55.8 Å². The molecule has 0 bridgehead atoms. The van der Waals surface area contributed by atoms with Crippen LogP contribution in [0, 0.1) is 0 Å². The number of cyclic esters (lactones) is 1. The number of carbonyl (C=O) groups is 1. The number of phenols is 1. The molecule has 0 radical (unpaired) electrons. The van der Waals surface area contributed by atoms with Crippen molar-refractivity contribution in [2.75, 3.05) is 0 Å². The van der Waals surface area contributed by atoms with E-state index in [1.165, 1.54) is 6.07 Å². The van der Waals surface area contributed by atoms with Gasteiger partial charge in [-0.25, -0.2) is 4.79 Å². The summed E-state index contributed by atoms with van der Waals surface area (Å²) in [4.78, 5) is 11.5. The van der Waals surface area contributed by atoms with Crippen molar-refractivity contribution in [3.05, 3.63) is 34.9 Å². The quantitative estimate of drug-likeness (QED) is 0.594. The monoisotopic (exact) mass is 232 g/mol. The van der Waals surface area contributed by atoms with E-state index in [1.807, 2.05) is 6.92 Å². The van der Waals surface area contributed by atoms with E-state index in [9.17, 15) is 9.90 Å². The molecule has 1 aromatic rings. The maximum atomic E-state index is 11.5. The number of esters is 1. The summed E-state index contributed by atoms with van der Waals surface area (Å²) >= 11 is 0. The van der Waals surface area contributed by atoms with Crippen LogP contribution in [-0.2, 0) is 17.8 Å². The summed E-state index contributed by atoms with van der Waals surface area (Å²) < 4.78 is 10.6. The van der Waals surface area contributed by atoms with Crippen molar-refractivity contribution >= 4 is 5.97 Å². The summed E-state index contributed by atoms with van der Waals surface area (Å²) in [7, 11) is 0. The number of phenolic OH excluding ortho intramolecular Hbond substituents is 1. The van der Waals surface area contributed by atoms with Gasteiger partial charge in [-0.1, -0.05) is 6.58 Å². The number of ether oxygens (including phenoxy) is 2. The number of carbonyl (C=O) groups excluding carboxylic acids is 1. The first kappa shape index (κ1) is 10.2. The smallest absolute Gasteiger partial charge is 0.342 e. The van der Waals surface area contributed by atoms with E-state index in [-0.39, 0.29) is 24.0 Å². The highest BCUT2D eigenvalue weighted by Gasteiger charge is 2.35. The molecule has 2 aliphatic rings. The van der Waals surface area contributed by atoms with E-state index in [4.69, 9.17) is 9.47 Å². The molecule has 0 fully saturated rings. The molecule has 2 aliphatic heterocycles. The number of benzene rings is 1. The Labute approximate surface area is 98.5 Å². The highest BCUT2D eigenvalue weighted by Crippen LogP contribution is 2.42. The summed E-state index contributed by atoms with van der Waals surface area (Å²) in [5.41, 5.74) is 2.93. The lowest BCUT2D eigenvalue weighted by atomic mass is 9.97. The fourth-order valence-electron chi connectivity index (χ4n) is 2.32. The average molecular weight is 232 g/mol. The van der Waals surface area contributed by atoms with Crippen LogP contribution in [0.5, 0.6) is 11.5 Å². The molecule has 2 heterocycles. The van der Waals surface area contributed by atoms with Crippen LogP contribution in [0.2, 0.25) is 0 Å². The molecule has 0 spiro atoms. The molecule has 0 unspecified atom stereocenters. The molecule has 1 aromatic carbocycles. The van der Waals surface area contributed by atoms with E-state index < -0.39 is 5.97 Å². The molecule has 17 heavy (non-hydrogen) atoms. The minimum atomic E-state index is -0.459. The van der Waals surface area contributed by atoms with E-state index in [2.05, 4.69) is 6.58 Å². The van der Waals surface area contributed by atoms with Gasteiger partial charge in [0, 0.05) is 23.6 Å². The normalized spacial score (nSPS) is 20.5. The third-order valence-electron chi connectivity index (χ3n) is 3.25. The first-order valence-electron chi connectivity index (χ1n) is 5.45. The van der Waals surface area contributed by atoms with Gasteiger partial charge in [0.25, 0.3) is 0 Å². The zero-order valence-electron chi connectivity index (χ0n) is 9.45. The summed E-state index contributed by atoms with van der Waals surface area (Å²) in [6.07, 6.45) is 0.607. The third-order valence-corrected chi connectivity index (χ3v) is 3.25. The Morgan fingerprint density at radius 1 is 1.53 bits per heavy atom. The first-order valence-corrected chi connectivity index (χ1v) is 5.45.